The van der Waals surface area contributed by atoms with Crippen molar-refractivity contribution in [2.24, 2.45) is 0 Å². The van der Waals surface area contributed by atoms with Crippen LogP contribution in [-0.4, -0.2) is 36.8 Å². The Morgan fingerprint density at radius 2 is 1.92 bits per heavy atom. The van der Waals surface area contributed by atoms with Crippen LogP contribution in [-0.2, 0) is 11.3 Å². The Hall–Kier alpha value is -2.24. The number of amides is 1. The first-order chi connectivity index (χ1) is 12.6. The van der Waals surface area contributed by atoms with Crippen molar-refractivity contribution in [3.8, 4) is 0 Å². The van der Waals surface area contributed by atoms with E-state index >= 15 is 0 Å². The minimum atomic E-state index is -0.205. The van der Waals surface area contributed by atoms with Gasteiger partial charge in [0.25, 0.3) is 0 Å². The second-order valence-corrected chi connectivity index (χ2v) is 6.93. The van der Waals surface area contributed by atoms with Gasteiger partial charge in [0.2, 0.25) is 5.91 Å². The van der Waals surface area contributed by atoms with Gasteiger partial charge in [0.1, 0.15) is 0 Å². The highest BCUT2D eigenvalue weighted by atomic mass is 35.5. The van der Waals surface area contributed by atoms with Crippen molar-refractivity contribution in [1.29, 1.82) is 0 Å². The average Bonchev–Trinajstić information content (AvgIpc) is 2.66. The molecular formula is C20H24ClN3O2. The smallest absolute Gasteiger partial charge is 0.239 e. The lowest BCUT2D eigenvalue weighted by Gasteiger charge is -2.32. The number of benzene rings is 2. The molecule has 0 unspecified atom stereocenters. The normalized spacial score (nSPS) is 14.9. The summed E-state index contributed by atoms with van der Waals surface area (Å²) in [5.74, 6) is -0.0751. The van der Waals surface area contributed by atoms with Gasteiger partial charge < -0.3 is 20.6 Å². The van der Waals surface area contributed by atoms with E-state index in [4.69, 9.17) is 11.6 Å². The minimum Gasteiger partial charge on any atom is -0.393 e. The van der Waals surface area contributed by atoms with Crippen molar-refractivity contribution >= 4 is 28.9 Å². The van der Waals surface area contributed by atoms with E-state index in [9.17, 15) is 9.90 Å². The Labute approximate surface area is 159 Å². The van der Waals surface area contributed by atoms with Gasteiger partial charge in [-0.15, -0.1) is 0 Å². The van der Waals surface area contributed by atoms with E-state index in [1.54, 1.807) is 0 Å². The number of nitrogens with zero attached hydrogens (tertiary/aromatic N) is 1. The summed E-state index contributed by atoms with van der Waals surface area (Å²) < 4.78 is 0. The molecule has 2 aromatic rings. The SMILES string of the molecule is O=C(CNc1ccccc1N1CCC(O)CC1)NCc1cccc(Cl)c1. The summed E-state index contributed by atoms with van der Waals surface area (Å²) in [6, 6.07) is 15.4. The van der Waals surface area contributed by atoms with Crippen LogP contribution in [0.3, 0.4) is 0 Å². The molecule has 0 bridgehead atoms. The molecule has 3 rings (SSSR count). The van der Waals surface area contributed by atoms with Crippen molar-refractivity contribution in [2.75, 3.05) is 29.9 Å². The first-order valence-electron chi connectivity index (χ1n) is 8.89. The molecule has 0 saturated carbocycles. The lowest BCUT2D eigenvalue weighted by atomic mass is 10.1. The number of anilines is 2. The maximum atomic E-state index is 12.2. The second-order valence-electron chi connectivity index (χ2n) is 6.50. The lowest BCUT2D eigenvalue weighted by Crippen LogP contribution is -2.36. The molecule has 0 spiro atoms. The number of nitrogens with one attached hydrogen (secondary N) is 2. The molecule has 1 aliphatic heterocycles. The van der Waals surface area contributed by atoms with Crippen molar-refractivity contribution in [2.45, 2.75) is 25.5 Å². The Bertz CT molecular complexity index is 745. The highest BCUT2D eigenvalue weighted by molar-refractivity contribution is 6.30. The lowest BCUT2D eigenvalue weighted by molar-refractivity contribution is -0.119. The number of rotatable bonds is 6. The van der Waals surface area contributed by atoms with Crippen molar-refractivity contribution in [1.82, 2.24) is 5.32 Å². The van der Waals surface area contributed by atoms with Gasteiger partial charge >= 0.3 is 0 Å². The molecule has 1 saturated heterocycles. The van der Waals surface area contributed by atoms with Gasteiger partial charge in [0, 0.05) is 24.7 Å². The van der Waals surface area contributed by atoms with Gasteiger partial charge in [-0.05, 0) is 42.7 Å². The highest BCUT2D eigenvalue weighted by Crippen LogP contribution is 2.28. The molecule has 0 aromatic heterocycles. The predicted octanol–water partition coefficient (Wildman–Crippen LogP) is 3.03. The first-order valence-corrected chi connectivity index (χ1v) is 9.26. The Balaban J connectivity index is 1.53. The van der Waals surface area contributed by atoms with Crippen molar-refractivity contribution in [3.05, 3.63) is 59.1 Å². The van der Waals surface area contributed by atoms with E-state index < -0.39 is 0 Å². The topological polar surface area (TPSA) is 64.6 Å². The number of para-hydroxylation sites is 2. The fourth-order valence-electron chi connectivity index (χ4n) is 3.09. The number of carbonyl (C=O) groups excluding carboxylic acids is 1. The summed E-state index contributed by atoms with van der Waals surface area (Å²) in [4.78, 5) is 14.4. The van der Waals surface area contributed by atoms with Crippen LogP contribution in [0.5, 0.6) is 0 Å². The highest BCUT2D eigenvalue weighted by Gasteiger charge is 2.19. The maximum Gasteiger partial charge on any atom is 0.239 e. The van der Waals surface area contributed by atoms with Gasteiger partial charge in [-0.3, -0.25) is 4.79 Å². The molecule has 0 atom stereocenters. The molecule has 1 aliphatic rings. The van der Waals surface area contributed by atoms with Gasteiger partial charge in [-0.2, -0.15) is 0 Å². The fourth-order valence-corrected chi connectivity index (χ4v) is 3.30. The Morgan fingerprint density at radius 3 is 2.69 bits per heavy atom. The van der Waals surface area contributed by atoms with Gasteiger partial charge in [-0.1, -0.05) is 35.9 Å². The van der Waals surface area contributed by atoms with Crippen LogP contribution >= 0.6 is 11.6 Å². The number of carbonyl (C=O) groups is 1. The zero-order valence-corrected chi connectivity index (χ0v) is 15.4. The zero-order chi connectivity index (χ0) is 18.4. The molecule has 1 fully saturated rings. The fraction of sp³-hybridized carbons (Fsp3) is 0.350. The number of aliphatic hydroxyl groups excluding tert-OH is 1. The summed E-state index contributed by atoms with van der Waals surface area (Å²) in [6.07, 6.45) is 1.34. The van der Waals surface area contributed by atoms with Crippen LogP contribution in [0.2, 0.25) is 5.02 Å². The number of piperidine rings is 1. The Kier molecular flexibility index (Phi) is 6.36. The molecule has 0 aliphatic carbocycles. The number of hydrogen-bond donors (Lipinski definition) is 3. The van der Waals surface area contributed by atoms with E-state index in [0.29, 0.717) is 11.6 Å². The molecule has 0 radical (unpaired) electrons. The maximum absolute atomic E-state index is 12.2. The summed E-state index contributed by atoms with van der Waals surface area (Å²) in [6.45, 7) is 2.29. The van der Waals surface area contributed by atoms with E-state index in [1.807, 2.05) is 48.5 Å². The summed E-state index contributed by atoms with van der Waals surface area (Å²) in [7, 11) is 0. The van der Waals surface area contributed by atoms with Gasteiger partial charge in [0.05, 0.1) is 24.0 Å². The molecule has 6 heteroatoms. The van der Waals surface area contributed by atoms with E-state index in [2.05, 4.69) is 15.5 Å². The Morgan fingerprint density at radius 1 is 1.15 bits per heavy atom. The van der Waals surface area contributed by atoms with Gasteiger partial charge in [0.15, 0.2) is 0 Å². The molecule has 5 nitrogen and oxygen atoms in total. The molecule has 1 amide bonds. The predicted molar refractivity (Wildman–Crippen MR) is 106 cm³/mol. The van der Waals surface area contributed by atoms with Crippen LogP contribution in [0.25, 0.3) is 0 Å². The number of halogens is 1. The molecule has 3 N–H and O–H groups in total. The summed E-state index contributed by atoms with van der Waals surface area (Å²) in [5.41, 5.74) is 2.97. The first kappa shape index (κ1) is 18.5. The third-order valence-corrected chi connectivity index (χ3v) is 4.76. The second kappa shape index (κ2) is 8.92. The van der Waals surface area contributed by atoms with E-state index in [-0.39, 0.29) is 18.6 Å². The van der Waals surface area contributed by atoms with Crippen LogP contribution in [0.4, 0.5) is 11.4 Å². The van der Waals surface area contributed by atoms with Crippen LogP contribution < -0.4 is 15.5 Å². The van der Waals surface area contributed by atoms with Crippen molar-refractivity contribution < 1.29 is 9.90 Å². The van der Waals surface area contributed by atoms with E-state index in [1.165, 1.54) is 0 Å². The van der Waals surface area contributed by atoms with Crippen LogP contribution in [0, 0.1) is 0 Å². The molecule has 26 heavy (non-hydrogen) atoms. The third-order valence-electron chi connectivity index (χ3n) is 4.53. The average molecular weight is 374 g/mol. The standard InChI is InChI=1S/C20H24ClN3O2/c21-16-5-3-4-15(12-16)13-23-20(26)14-22-18-6-1-2-7-19(18)24-10-8-17(25)9-11-24/h1-7,12,17,22,25H,8-11,13-14H2,(H,23,26). The molecular weight excluding hydrogens is 350 g/mol. The van der Waals surface area contributed by atoms with Gasteiger partial charge in [-0.25, -0.2) is 0 Å². The molecule has 1 heterocycles. The van der Waals surface area contributed by atoms with Crippen LogP contribution in [0.1, 0.15) is 18.4 Å². The monoisotopic (exact) mass is 373 g/mol. The van der Waals surface area contributed by atoms with E-state index in [0.717, 1.165) is 42.9 Å². The van der Waals surface area contributed by atoms with Crippen LogP contribution in [0.15, 0.2) is 48.5 Å². The summed E-state index contributed by atoms with van der Waals surface area (Å²) >= 11 is 5.96. The van der Waals surface area contributed by atoms with Crippen molar-refractivity contribution in [3.63, 3.8) is 0 Å². The molecule has 2 aromatic carbocycles. The quantitative estimate of drug-likeness (QED) is 0.728. The minimum absolute atomic E-state index is 0.0751. The number of aliphatic hydroxyl groups is 1. The summed E-state index contributed by atoms with van der Waals surface area (Å²) in [5, 5.41) is 16.5. The molecule has 138 valence electrons. The third kappa shape index (κ3) is 5.13. The zero-order valence-electron chi connectivity index (χ0n) is 14.6. The number of hydrogen-bond acceptors (Lipinski definition) is 4. The largest absolute Gasteiger partial charge is 0.393 e.